The maximum absolute atomic E-state index is 5.66. The number of aliphatic imine (C=N–C) groups is 1. The molecule has 0 spiro atoms. The van der Waals surface area contributed by atoms with Crippen molar-refractivity contribution in [1.29, 1.82) is 0 Å². The van der Waals surface area contributed by atoms with Crippen LogP contribution in [0.15, 0.2) is 29.3 Å². The second-order valence-corrected chi connectivity index (χ2v) is 5.20. The Morgan fingerprint density at radius 2 is 2.09 bits per heavy atom. The lowest BCUT2D eigenvalue weighted by Crippen LogP contribution is -2.42. The van der Waals surface area contributed by atoms with E-state index in [2.05, 4.69) is 48.5 Å². The van der Waals surface area contributed by atoms with Crippen molar-refractivity contribution < 1.29 is 4.74 Å². The Kier molecular flexibility index (Phi) is 12.0. The molecule has 0 aromatic heterocycles. The van der Waals surface area contributed by atoms with E-state index < -0.39 is 0 Å². The summed E-state index contributed by atoms with van der Waals surface area (Å²) in [6.07, 6.45) is 3.06. The number of hydrogen-bond donors (Lipinski definition) is 2. The van der Waals surface area contributed by atoms with Gasteiger partial charge in [-0.2, -0.15) is 0 Å². The fraction of sp³-hybridized carbons (Fsp3) is 0.588. The van der Waals surface area contributed by atoms with E-state index >= 15 is 0 Å². The summed E-state index contributed by atoms with van der Waals surface area (Å²) in [4.78, 5) is 4.23. The van der Waals surface area contributed by atoms with Crippen LogP contribution in [0.3, 0.4) is 0 Å². The van der Waals surface area contributed by atoms with Gasteiger partial charge in [-0.05, 0) is 43.9 Å². The molecule has 0 bridgehead atoms. The van der Waals surface area contributed by atoms with E-state index in [0.29, 0.717) is 6.04 Å². The zero-order valence-corrected chi connectivity index (χ0v) is 16.5. The van der Waals surface area contributed by atoms with Crippen molar-refractivity contribution in [3.63, 3.8) is 0 Å². The molecule has 0 aliphatic rings. The summed E-state index contributed by atoms with van der Waals surface area (Å²) in [6, 6.07) is 8.73. The Morgan fingerprint density at radius 1 is 1.32 bits per heavy atom. The van der Waals surface area contributed by atoms with Crippen molar-refractivity contribution in [2.45, 2.75) is 46.1 Å². The summed E-state index contributed by atoms with van der Waals surface area (Å²) in [5.74, 6) is 1.82. The van der Waals surface area contributed by atoms with Gasteiger partial charge in [-0.1, -0.05) is 26.0 Å². The first-order chi connectivity index (χ1) is 10.2. The predicted octanol–water partition coefficient (Wildman–Crippen LogP) is 3.60. The molecule has 1 aromatic rings. The molecule has 1 rings (SSSR count). The normalized spacial score (nSPS) is 12.3. The number of ether oxygens (including phenoxy) is 1. The molecule has 1 aromatic carbocycles. The first-order valence-electron chi connectivity index (χ1n) is 7.88. The lowest BCUT2D eigenvalue weighted by molar-refractivity contribution is 0.317. The quantitative estimate of drug-likeness (QED) is 0.385. The monoisotopic (exact) mass is 419 g/mol. The smallest absolute Gasteiger partial charge is 0.191 e. The lowest BCUT2D eigenvalue weighted by atomic mass is 10.1. The molecular weight excluding hydrogens is 389 g/mol. The van der Waals surface area contributed by atoms with Crippen LogP contribution in [0.4, 0.5) is 0 Å². The first-order valence-corrected chi connectivity index (χ1v) is 7.88. The number of benzene rings is 1. The minimum Gasteiger partial charge on any atom is -0.494 e. The van der Waals surface area contributed by atoms with Crippen molar-refractivity contribution in [2.24, 2.45) is 4.99 Å². The molecule has 0 saturated heterocycles. The molecule has 0 amide bonds. The van der Waals surface area contributed by atoms with Gasteiger partial charge < -0.3 is 15.4 Å². The summed E-state index contributed by atoms with van der Waals surface area (Å²) in [6.45, 7) is 8.05. The van der Waals surface area contributed by atoms with Crippen LogP contribution in [0.5, 0.6) is 5.75 Å². The minimum absolute atomic E-state index is 0. The van der Waals surface area contributed by atoms with Crippen molar-refractivity contribution in [3.05, 3.63) is 29.8 Å². The van der Waals surface area contributed by atoms with Gasteiger partial charge in [0.1, 0.15) is 5.75 Å². The zero-order valence-electron chi connectivity index (χ0n) is 14.2. The average molecular weight is 419 g/mol. The van der Waals surface area contributed by atoms with Gasteiger partial charge in [0, 0.05) is 19.6 Å². The van der Waals surface area contributed by atoms with E-state index in [1.807, 2.05) is 12.1 Å². The molecule has 1 atom stereocenters. The molecule has 0 aliphatic heterocycles. The molecule has 0 fully saturated rings. The molecule has 2 N–H and O–H groups in total. The highest BCUT2D eigenvalue weighted by atomic mass is 127. The highest BCUT2D eigenvalue weighted by Crippen LogP contribution is 2.13. The number of nitrogens with one attached hydrogen (secondary N) is 2. The van der Waals surface area contributed by atoms with Crippen LogP contribution >= 0.6 is 24.0 Å². The first kappa shape index (κ1) is 21.0. The van der Waals surface area contributed by atoms with Gasteiger partial charge in [0.05, 0.1) is 6.61 Å². The van der Waals surface area contributed by atoms with Crippen LogP contribution in [-0.2, 0) is 6.42 Å². The Bertz CT molecular complexity index is 438. The Labute approximate surface area is 152 Å². The summed E-state index contributed by atoms with van der Waals surface area (Å²) in [7, 11) is 1.80. The predicted molar refractivity (Wildman–Crippen MR) is 106 cm³/mol. The summed E-state index contributed by atoms with van der Waals surface area (Å²) >= 11 is 0. The molecule has 5 heteroatoms. The molecule has 126 valence electrons. The molecule has 1 unspecified atom stereocenters. The van der Waals surface area contributed by atoms with Crippen LogP contribution in [-0.4, -0.2) is 32.2 Å². The van der Waals surface area contributed by atoms with E-state index in [1.54, 1.807) is 7.05 Å². The molecule has 0 heterocycles. The lowest BCUT2D eigenvalue weighted by Gasteiger charge is -2.16. The topological polar surface area (TPSA) is 45.6 Å². The van der Waals surface area contributed by atoms with Gasteiger partial charge in [0.15, 0.2) is 5.96 Å². The summed E-state index contributed by atoms with van der Waals surface area (Å²) < 4.78 is 5.66. The number of nitrogens with zero attached hydrogens (tertiary/aromatic N) is 1. The third-order valence-electron chi connectivity index (χ3n) is 3.30. The van der Waals surface area contributed by atoms with Gasteiger partial charge in [0.2, 0.25) is 0 Å². The fourth-order valence-electron chi connectivity index (χ4n) is 1.87. The second-order valence-electron chi connectivity index (χ2n) is 5.20. The number of halogens is 1. The number of hydrogen-bond acceptors (Lipinski definition) is 2. The van der Waals surface area contributed by atoms with E-state index in [-0.39, 0.29) is 24.0 Å². The Hall–Kier alpha value is -0.980. The van der Waals surface area contributed by atoms with Gasteiger partial charge >= 0.3 is 0 Å². The number of rotatable bonds is 8. The van der Waals surface area contributed by atoms with Crippen LogP contribution in [0.25, 0.3) is 0 Å². The summed E-state index contributed by atoms with van der Waals surface area (Å²) in [5, 5.41) is 6.70. The van der Waals surface area contributed by atoms with Crippen molar-refractivity contribution in [3.8, 4) is 5.75 Å². The Morgan fingerprint density at radius 3 is 2.73 bits per heavy atom. The summed E-state index contributed by atoms with van der Waals surface area (Å²) in [5.41, 5.74) is 1.27. The second kappa shape index (κ2) is 12.6. The maximum Gasteiger partial charge on any atom is 0.191 e. The highest BCUT2D eigenvalue weighted by Gasteiger charge is 2.02. The van der Waals surface area contributed by atoms with Crippen molar-refractivity contribution >= 4 is 29.9 Å². The van der Waals surface area contributed by atoms with E-state index in [9.17, 15) is 0 Å². The minimum atomic E-state index is 0. The zero-order chi connectivity index (χ0) is 15.5. The molecule has 0 radical (unpaired) electrons. The number of guanidine groups is 1. The van der Waals surface area contributed by atoms with Crippen LogP contribution < -0.4 is 15.4 Å². The molecule has 0 saturated carbocycles. The van der Waals surface area contributed by atoms with Crippen molar-refractivity contribution in [2.75, 3.05) is 20.2 Å². The molecule has 4 nitrogen and oxygen atoms in total. The van der Waals surface area contributed by atoms with Crippen LogP contribution in [0.2, 0.25) is 0 Å². The van der Waals surface area contributed by atoms with E-state index in [4.69, 9.17) is 4.74 Å². The standard InChI is InChI=1S/C17H29N3O.HI/c1-5-12-21-16-9-7-8-15(13-16)10-11-19-17(18-4)20-14(3)6-2;/h7-9,13-14H,5-6,10-12H2,1-4H3,(H2,18,19,20);1H. The molecule has 0 aliphatic carbocycles. The molecule has 22 heavy (non-hydrogen) atoms. The maximum atomic E-state index is 5.66. The van der Waals surface area contributed by atoms with Gasteiger partial charge in [0.25, 0.3) is 0 Å². The van der Waals surface area contributed by atoms with E-state index in [1.165, 1.54) is 5.56 Å². The van der Waals surface area contributed by atoms with E-state index in [0.717, 1.165) is 44.1 Å². The van der Waals surface area contributed by atoms with Crippen LogP contribution in [0, 0.1) is 0 Å². The Balaban J connectivity index is 0.00000441. The third kappa shape index (κ3) is 8.46. The van der Waals surface area contributed by atoms with Gasteiger partial charge in [-0.15, -0.1) is 24.0 Å². The SMILES string of the molecule is CCCOc1cccc(CCNC(=NC)NC(C)CC)c1.I. The third-order valence-corrected chi connectivity index (χ3v) is 3.30. The molecular formula is C17H30IN3O. The van der Waals surface area contributed by atoms with Gasteiger partial charge in [-0.3, -0.25) is 4.99 Å². The average Bonchev–Trinajstić information content (AvgIpc) is 2.52. The fourth-order valence-corrected chi connectivity index (χ4v) is 1.87. The largest absolute Gasteiger partial charge is 0.494 e. The van der Waals surface area contributed by atoms with Crippen LogP contribution in [0.1, 0.15) is 39.2 Å². The highest BCUT2D eigenvalue weighted by molar-refractivity contribution is 14.0. The van der Waals surface area contributed by atoms with Gasteiger partial charge in [-0.25, -0.2) is 0 Å². The van der Waals surface area contributed by atoms with Crippen molar-refractivity contribution in [1.82, 2.24) is 10.6 Å².